The van der Waals surface area contributed by atoms with Gasteiger partial charge in [-0.1, -0.05) is 49.2 Å². The standard InChI is InChI=1S/C29H31N7O3.ClH/c1-3-5-17-34-25-26(32-28(34)33-18-15-30-16-19-33)35(20-24(37)31-22-12-7-6-8-13-22)29(39)36(27(25)38)23-14-10-9-11-21(23)4-2;/h6-14,30H,4,15-20H2,1-2H3,(H,31,37);1H. The highest BCUT2D eigenvalue weighted by Crippen LogP contribution is 2.22. The molecule has 0 unspecified atom stereocenters. The number of carbonyl (C=O) groups is 1. The highest BCUT2D eigenvalue weighted by atomic mass is 35.5. The van der Waals surface area contributed by atoms with Crippen molar-refractivity contribution < 1.29 is 4.79 Å². The highest BCUT2D eigenvalue weighted by molar-refractivity contribution is 5.91. The van der Waals surface area contributed by atoms with Crippen LogP contribution in [0.1, 0.15) is 19.4 Å². The molecule has 2 aromatic heterocycles. The van der Waals surface area contributed by atoms with Gasteiger partial charge in [-0.05, 0) is 37.1 Å². The van der Waals surface area contributed by atoms with E-state index < -0.39 is 17.2 Å². The maximum absolute atomic E-state index is 14.1. The van der Waals surface area contributed by atoms with E-state index in [1.54, 1.807) is 35.8 Å². The van der Waals surface area contributed by atoms with E-state index in [2.05, 4.69) is 27.4 Å². The van der Waals surface area contributed by atoms with E-state index in [1.807, 2.05) is 37.3 Å². The first-order chi connectivity index (χ1) is 19.0. The van der Waals surface area contributed by atoms with Crippen molar-refractivity contribution in [1.82, 2.24) is 24.0 Å². The van der Waals surface area contributed by atoms with Crippen LogP contribution in [0, 0.1) is 11.8 Å². The molecule has 0 radical (unpaired) electrons. The third kappa shape index (κ3) is 5.52. The van der Waals surface area contributed by atoms with Gasteiger partial charge in [0, 0.05) is 31.9 Å². The third-order valence-electron chi connectivity index (χ3n) is 6.80. The number of carbonyl (C=O) groups excluding carboxylic acids is 1. The molecule has 1 amide bonds. The van der Waals surface area contributed by atoms with E-state index in [-0.39, 0.29) is 36.7 Å². The minimum Gasteiger partial charge on any atom is -0.340 e. The molecule has 0 bridgehead atoms. The normalized spacial score (nSPS) is 12.9. The SMILES string of the molecule is CC#CCn1c(N2CCNCC2)nc2c1c(=O)n(-c1ccccc1CC)c(=O)n2CC(=O)Nc1ccccc1.Cl. The molecule has 208 valence electrons. The summed E-state index contributed by atoms with van der Waals surface area (Å²) in [5.74, 6) is 6.12. The fourth-order valence-corrected chi connectivity index (χ4v) is 4.89. The quantitative estimate of drug-likeness (QED) is 0.336. The van der Waals surface area contributed by atoms with Gasteiger partial charge in [0.05, 0.1) is 12.2 Å². The number of halogens is 1. The van der Waals surface area contributed by atoms with Gasteiger partial charge in [0.2, 0.25) is 11.9 Å². The van der Waals surface area contributed by atoms with Gasteiger partial charge in [-0.3, -0.25) is 18.7 Å². The second kappa shape index (κ2) is 12.7. The summed E-state index contributed by atoms with van der Waals surface area (Å²) in [7, 11) is 0. The molecule has 5 rings (SSSR count). The van der Waals surface area contributed by atoms with E-state index in [1.165, 1.54) is 4.57 Å². The second-order valence-corrected chi connectivity index (χ2v) is 9.24. The van der Waals surface area contributed by atoms with Crippen LogP contribution >= 0.6 is 12.4 Å². The van der Waals surface area contributed by atoms with Gasteiger partial charge in [-0.25, -0.2) is 9.36 Å². The molecule has 1 saturated heterocycles. The molecule has 1 aliphatic heterocycles. The number of rotatable bonds is 7. The number of benzene rings is 2. The Kier molecular flexibility index (Phi) is 9.09. The molecule has 0 spiro atoms. The van der Waals surface area contributed by atoms with Crippen LogP contribution < -0.4 is 26.8 Å². The van der Waals surface area contributed by atoms with Crippen LogP contribution in [0.15, 0.2) is 64.2 Å². The number of nitrogens with one attached hydrogen (secondary N) is 2. The van der Waals surface area contributed by atoms with E-state index in [4.69, 9.17) is 4.98 Å². The first-order valence-corrected chi connectivity index (χ1v) is 13.1. The predicted molar refractivity (Wildman–Crippen MR) is 160 cm³/mol. The van der Waals surface area contributed by atoms with Gasteiger partial charge in [-0.15, -0.1) is 18.3 Å². The second-order valence-electron chi connectivity index (χ2n) is 9.24. The number of amides is 1. The maximum Gasteiger partial charge on any atom is 0.337 e. The number of hydrogen-bond donors (Lipinski definition) is 2. The third-order valence-corrected chi connectivity index (χ3v) is 6.80. The Labute approximate surface area is 238 Å². The van der Waals surface area contributed by atoms with E-state index >= 15 is 0 Å². The maximum atomic E-state index is 14.1. The smallest absolute Gasteiger partial charge is 0.337 e. The van der Waals surface area contributed by atoms with Crippen LogP contribution in [0.5, 0.6) is 0 Å². The summed E-state index contributed by atoms with van der Waals surface area (Å²) in [6.45, 7) is 6.54. The van der Waals surface area contributed by atoms with E-state index in [0.717, 1.165) is 23.2 Å². The predicted octanol–water partition coefficient (Wildman–Crippen LogP) is 2.40. The molecule has 3 heterocycles. The molecule has 1 aliphatic rings. The first-order valence-electron chi connectivity index (χ1n) is 13.1. The molecule has 4 aromatic rings. The molecule has 0 aliphatic carbocycles. The summed E-state index contributed by atoms with van der Waals surface area (Å²) in [4.78, 5) is 48.2. The number of aryl methyl sites for hydroxylation is 1. The number of fused-ring (bicyclic) bond motifs is 1. The Morgan fingerprint density at radius 2 is 1.73 bits per heavy atom. The molecule has 11 heteroatoms. The van der Waals surface area contributed by atoms with Crippen LogP contribution in [-0.4, -0.2) is 50.8 Å². The zero-order chi connectivity index (χ0) is 27.4. The highest BCUT2D eigenvalue weighted by Gasteiger charge is 2.26. The van der Waals surface area contributed by atoms with E-state index in [9.17, 15) is 14.4 Å². The monoisotopic (exact) mass is 561 g/mol. The lowest BCUT2D eigenvalue weighted by atomic mass is 10.1. The average molecular weight is 562 g/mol. The van der Waals surface area contributed by atoms with Crippen molar-refractivity contribution in [2.75, 3.05) is 36.4 Å². The van der Waals surface area contributed by atoms with Crippen LogP contribution in [0.25, 0.3) is 16.9 Å². The van der Waals surface area contributed by atoms with Crippen molar-refractivity contribution in [2.24, 2.45) is 0 Å². The van der Waals surface area contributed by atoms with Crippen molar-refractivity contribution in [3.05, 3.63) is 81.0 Å². The number of imidazole rings is 1. The van der Waals surface area contributed by atoms with Gasteiger partial charge >= 0.3 is 5.69 Å². The number of aromatic nitrogens is 4. The lowest BCUT2D eigenvalue weighted by molar-refractivity contribution is -0.116. The van der Waals surface area contributed by atoms with Gasteiger partial charge < -0.3 is 15.5 Å². The van der Waals surface area contributed by atoms with Crippen molar-refractivity contribution in [1.29, 1.82) is 0 Å². The minimum atomic E-state index is -0.616. The van der Waals surface area contributed by atoms with Crippen molar-refractivity contribution in [2.45, 2.75) is 33.4 Å². The first kappa shape index (κ1) is 28.7. The van der Waals surface area contributed by atoms with Crippen molar-refractivity contribution >= 4 is 41.1 Å². The molecule has 40 heavy (non-hydrogen) atoms. The number of anilines is 2. The Balaban J connectivity index is 0.00000370. The zero-order valence-corrected chi connectivity index (χ0v) is 23.3. The molecular formula is C29H32ClN7O3. The summed E-state index contributed by atoms with van der Waals surface area (Å²) in [5, 5.41) is 6.16. The Hall–Kier alpha value is -4.33. The van der Waals surface area contributed by atoms with Crippen LogP contribution in [0.2, 0.25) is 0 Å². The zero-order valence-electron chi connectivity index (χ0n) is 22.5. The largest absolute Gasteiger partial charge is 0.340 e. The Bertz CT molecular complexity index is 1690. The molecule has 2 N–H and O–H groups in total. The number of piperazine rings is 1. The van der Waals surface area contributed by atoms with Crippen molar-refractivity contribution in [3.63, 3.8) is 0 Å². The van der Waals surface area contributed by atoms with Gasteiger partial charge in [0.1, 0.15) is 6.54 Å². The van der Waals surface area contributed by atoms with Crippen LogP contribution in [0.3, 0.4) is 0 Å². The molecule has 0 atom stereocenters. The Morgan fingerprint density at radius 3 is 2.42 bits per heavy atom. The Morgan fingerprint density at radius 1 is 1.02 bits per heavy atom. The molecule has 10 nitrogen and oxygen atoms in total. The molecular weight excluding hydrogens is 530 g/mol. The fourth-order valence-electron chi connectivity index (χ4n) is 4.89. The minimum absolute atomic E-state index is 0. The molecule has 0 saturated carbocycles. The molecule has 1 fully saturated rings. The number of nitrogens with zero attached hydrogens (tertiary/aromatic N) is 5. The van der Waals surface area contributed by atoms with Gasteiger partial charge in [0.15, 0.2) is 11.2 Å². The number of para-hydroxylation sites is 2. The van der Waals surface area contributed by atoms with Crippen LogP contribution in [-0.2, 0) is 24.3 Å². The van der Waals surface area contributed by atoms with Crippen LogP contribution in [0.4, 0.5) is 11.6 Å². The van der Waals surface area contributed by atoms with Gasteiger partial charge in [-0.2, -0.15) is 4.98 Å². The number of hydrogen-bond acceptors (Lipinski definition) is 6. The lowest BCUT2D eigenvalue weighted by Crippen LogP contribution is -2.44. The van der Waals surface area contributed by atoms with Gasteiger partial charge in [0.25, 0.3) is 5.56 Å². The summed E-state index contributed by atoms with van der Waals surface area (Å²) >= 11 is 0. The fraction of sp³-hybridized carbons (Fsp3) is 0.310. The average Bonchev–Trinajstić information content (AvgIpc) is 3.35. The summed E-state index contributed by atoms with van der Waals surface area (Å²) in [6, 6.07) is 16.4. The summed E-state index contributed by atoms with van der Waals surface area (Å²) < 4.78 is 4.23. The topological polar surface area (TPSA) is 106 Å². The summed E-state index contributed by atoms with van der Waals surface area (Å²) in [5.41, 5.74) is 1.26. The van der Waals surface area contributed by atoms with E-state index in [0.29, 0.717) is 36.8 Å². The molecule has 2 aromatic carbocycles. The summed E-state index contributed by atoms with van der Waals surface area (Å²) in [6.07, 6.45) is 0.626. The lowest BCUT2D eigenvalue weighted by Gasteiger charge is -2.28. The van der Waals surface area contributed by atoms with Crippen molar-refractivity contribution in [3.8, 4) is 17.5 Å².